The number of carbonyl (C=O) groups excluding carboxylic acids is 1. The second-order valence-electron chi connectivity index (χ2n) is 6.96. The predicted molar refractivity (Wildman–Crippen MR) is 85.4 cm³/mol. The second kappa shape index (κ2) is 7.96. The summed E-state index contributed by atoms with van der Waals surface area (Å²) < 4.78 is 5.23. The zero-order chi connectivity index (χ0) is 16.0. The highest BCUT2D eigenvalue weighted by atomic mass is 16.6. The van der Waals surface area contributed by atoms with E-state index in [1.54, 1.807) is 0 Å². The van der Waals surface area contributed by atoms with Crippen LogP contribution in [0, 0.1) is 0 Å². The molecule has 1 saturated heterocycles. The van der Waals surface area contributed by atoms with Gasteiger partial charge in [0.1, 0.15) is 5.60 Å². The Morgan fingerprint density at radius 3 is 2.62 bits per heavy atom. The number of carbonyl (C=O) groups is 1. The molecule has 1 aliphatic rings. The third kappa shape index (κ3) is 6.63. The van der Waals surface area contributed by atoms with E-state index in [4.69, 9.17) is 10.5 Å². The van der Waals surface area contributed by atoms with E-state index < -0.39 is 5.60 Å². The number of piperazine rings is 1. The Bertz CT molecular complexity index is 330. The normalized spacial score (nSPS) is 22.9. The molecule has 3 N–H and O–H groups in total. The van der Waals surface area contributed by atoms with Gasteiger partial charge in [-0.2, -0.15) is 0 Å². The van der Waals surface area contributed by atoms with Gasteiger partial charge in [-0.15, -0.1) is 0 Å². The van der Waals surface area contributed by atoms with Gasteiger partial charge in [-0.1, -0.05) is 0 Å². The molecule has 0 saturated carbocycles. The van der Waals surface area contributed by atoms with Gasteiger partial charge in [0, 0.05) is 44.8 Å². The molecule has 2 atom stereocenters. The van der Waals surface area contributed by atoms with Gasteiger partial charge in [-0.25, -0.2) is 4.79 Å². The fourth-order valence-corrected chi connectivity index (χ4v) is 2.77. The van der Waals surface area contributed by atoms with Crippen LogP contribution in [0.1, 0.15) is 34.1 Å². The largest absolute Gasteiger partial charge is 0.444 e. The van der Waals surface area contributed by atoms with Gasteiger partial charge in [0.2, 0.25) is 0 Å². The minimum atomic E-state index is -0.455. The summed E-state index contributed by atoms with van der Waals surface area (Å²) in [5, 5.41) is 2.81. The zero-order valence-corrected chi connectivity index (χ0v) is 14.2. The lowest BCUT2D eigenvalue weighted by Crippen LogP contribution is -2.56. The number of nitrogens with two attached hydrogens (primary N) is 1. The fourth-order valence-electron chi connectivity index (χ4n) is 2.77. The molecule has 1 fully saturated rings. The second-order valence-corrected chi connectivity index (χ2v) is 6.96. The monoisotopic (exact) mass is 300 g/mol. The molecule has 1 rings (SSSR count). The molecule has 1 amide bonds. The Morgan fingerprint density at radius 2 is 2.10 bits per heavy atom. The number of ether oxygens (including phenoxy) is 1. The van der Waals surface area contributed by atoms with Gasteiger partial charge < -0.3 is 20.7 Å². The number of alkyl carbamates (subject to hydrolysis) is 1. The van der Waals surface area contributed by atoms with Crippen LogP contribution in [0.2, 0.25) is 0 Å². The minimum absolute atomic E-state index is 0.309. The molecule has 6 nitrogen and oxygen atoms in total. The Balaban J connectivity index is 2.36. The minimum Gasteiger partial charge on any atom is -0.444 e. The number of rotatable bonds is 5. The average molecular weight is 300 g/mol. The first kappa shape index (κ1) is 18.2. The van der Waals surface area contributed by atoms with Gasteiger partial charge in [0.15, 0.2) is 0 Å². The third-order valence-corrected chi connectivity index (χ3v) is 3.77. The molecule has 21 heavy (non-hydrogen) atoms. The number of nitrogens with one attached hydrogen (secondary N) is 1. The molecule has 0 bridgehead atoms. The predicted octanol–water partition coefficient (Wildman–Crippen LogP) is 0.864. The fraction of sp³-hybridized carbons (Fsp3) is 0.933. The SMILES string of the molecule is CC1CN(C)CCN1C(CN)CCNC(=O)OC(C)(C)C. The lowest BCUT2D eigenvalue weighted by molar-refractivity contribution is 0.0485. The van der Waals surface area contributed by atoms with Gasteiger partial charge in [-0.3, -0.25) is 4.90 Å². The van der Waals surface area contributed by atoms with Crippen molar-refractivity contribution in [3.63, 3.8) is 0 Å². The molecule has 0 radical (unpaired) electrons. The van der Waals surface area contributed by atoms with Crippen LogP contribution in [0.25, 0.3) is 0 Å². The van der Waals surface area contributed by atoms with E-state index in [1.807, 2.05) is 20.8 Å². The van der Waals surface area contributed by atoms with Crippen LogP contribution in [0.15, 0.2) is 0 Å². The van der Waals surface area contributed by atoms with Gasteiger partial charge in [0.05, 0.1) is 0 Å². The quantitative estimate of drug-likeness (QED) is 0.788. The summed E-state index contributed by atoms with van der Waals surface area (Å²) in [7, 11) is 2.15. The van der Waals surface area contributed by atoms with Crippen LogP contribution in [-0.4, -0.2) is 73.3 Å². The van der Waals surface area contributed by atoms with Crippen molar-refractivity contribution in [2.45, 2.75) is 51.8 Å². The molecule has 0 spiro atoms. The summed E-state index contributed by atoms with van der Waals surface area (Å²) in [6.07, 6.45) is 0.494. The van der Waals surface area contributed by atoms with E-state index in [-0.39, 0.29) is 6.09 Å². The molecule has 124 valence electrons. The van der Waals surface area contributed by atoms with E-state index in [0.29, 0.717) is 25.2 Å². The first-order valence-electron chi connectivity index (χ1n) is 7.84. The maximum absolute atomic E-state index is 11.6. The Morgan fingerprint density at radius 1 is 1.43 bits per heavy atom. The van der Waals surface area contributed by atoms with Gasteiger partial charge in [-0.05, 0) is 41.2 Å². The lowest BCUT2D eigenvalue weighted by Gasteiger charge is -2.42. The van der Waals surface area contributed by atoms with Crippen molar-refractivity contribution >= 4 is 6.09 Å². The summed E-state index contributed by atoms with van der Waals surface area (Å²) >= 11 is 0. The highest BCUT2D eigenvalue weighted by molar-refractivity contribution is 5.67. The first-order chi connectivity index (χ1) is 9.73. The van der Waals surface area contributed by atoms with Crippen LogP contribution < -0.4 is 11.1 Å². The van der Waals surface area contributed by atoms with Crippen LogP contribution >= 0.6 is 0 Å². The topological polar surface area (TPSA) is 70.8 Å². The van der Waals surface area contributed by atoms with Crippen molar-refractivity contribution in [3.8, 4) is 0 Å². The van der Waals surface area contributed by atoms with E-state index in [1.165, 1.54) is 0 Å². The van der Waals surface area contributed by atoms with E-state index in [0.717, 1.165) is 26.1 Å². The van der Waals surface area contributed by atoms with Crippen molar-refractivity contribution in [3.05, 3.63) is 0 Å². The first-order valence-corrected chi connectivity index (χ1v) is 7.84. The molecular weight excluding hydrogens is 268 g/mol. The molecular formula is C15H32N4O2. The lowest BCUT2D eigenvalue weighted by atomic mass is 10.1. The van der Waals surface area contributed by atoms with E-state index in [9.17, 15) is 4.79 Å². The van der Waals surface area contributed by atoms with Crippen molar-refractivity contribution in [2.75, 3.05) is 39.8 Å². The summed E-state index contributed by atoms with van der Waals surface area (Å²) in [6, 6.07) is 0.808. The summed E-state index contributed by atoms with van der Waals surface area (Å²) in [4.78, 5) is 16.4. The highest BCUT2D eigenvalue weighted by Crippen LogP contribution is 2.13. The molecule has 6 heteroatoms. The molecule has 0 aromatic carbocycles. The Kier molecular flexibility index (Phi) is 6.90. The van der Waals surface area contributed by atoms with Gasteiger partial charge >= 0.3 is 6.09 Å². The van der Waals surface area contributed by atoms with Crippen molar-refractivity contribution < 1.29 is 9.53 Å². The van der Waals surface area contributed by atoms with E-state index >= 15 is 0 Å². The van der Waals surface area contributed by atoms with Crippen LogP contribution in [0.3, 0.4) is 0 Å². The molecule has 0 aromatic rings. The smallest absolute Gasteiger partial charge is 0.407 e. The van der Waals surface area contributed by atoms with Crippen LogP contribution in [0.5, 0.6) is 0 Å². The molecule has 0 aromatic heterocycles. The van der Waals surface area contributed by atoms with Crippen molar-refractivity contribution in [1.29, 1.82) is 0 Å². The number of hydrogen-bond acceptors (Lipinski definition) is 5. The van der Waals surface area contributed by atoms with Crippen LogP contribution in [-0.2, 0) is 4.74 Å². The molecule has 1 aliphatic heterocycles. The van der Waals surface area contributed by atoms with Gasteiger partial charge in [0.25, 0.3) is 0 Å². The molecule has 1 heterocycles. The number of nitrogens with zero attached hydrogens (tertiary/aromatic N) is 2. The van der Waals surface area contributed by atoms with E-state index in [2.05, 4.69) is 29.1 Å². The Hall–Kier alpha value is -0.850. The summed E-state index contributed by atoms with van der Waals surface area (Å²) in [5.41, 5.74) is 5.46. The molecule has 0 aliphatic carbocycles. The number of likely N-dealkylation sites (N-methyl/N-ethyl adjacent to an activating group) is 1. The summed E-state index contributed by atoms with van der Waals surface area (Å²) in [5.74, 6) is 0. The third-order valence-electron chi connectivity index (χ3n) is 3.77. The standard InChI is InChI=1S/C15H32N4O2/c1-12-11-18(5)8-9-19(12)13(10-16)6-7-17-14(20)21-15(2,3)4/h12-13H,6-11,16H2,1-5H3,(H,17,20). The summed E-state index contributed by atoms with van der Waals surface area (Å²) in [6.45, 7) is 12.2. The number of hydrogen-bond donors (Lipinski definition) is 2. The maximum atomic E-state index is 11.6. The number of amides is 1. The molecule has 2 unspecified atom stereocenters. The highest BCUT2D eigenvalue weighted by Gasteiger charge is 2.27. The average Bonchev–Trinajstić information content (AvgIpc) is 2.33. The van der Waals surface area contributed by atoms with Crippen molar-refractivity contribution in [1.82, 2.24) is 15.1 Å². The zero-order valence-electron chi connectivity index (χ0n) is 14.2. The van der Waals surface area contributed by atoms with Crippen LogP contribution in [0.4, 0.5) is 4.79 Å². The Labute approximate surface area is 129 Å². The van der Waals surface area contributed by atoms with Crippen molar-refractivity contribution in [2.24, 2.45) is 5.73 Å². The maximum Gasteiger partial charge on any atom is 0.407 e.